The summed E-state index contributed by atoms with van der Waals surface area (Å²) in [6, 6.07) is 31.2. The first-order chi connectivity index (χ1) is 21.9. The number of rotatable bonds is 4. The molecule has 48 heavy (non-hydrogen) atoms. The maximum atomic E-state index is 10.0. The molecule has 0 aliphatic carbocycles. The van der Waals surface area contributed by atoms with E-state index in [1.165, 1.54) is 69.3 Å². The molecule has 0 atom stereocenters. The summed E-state index contributed by atoms with van der Waals surface area (Å²) >= 11 is -1.85. The standard InChI is InChI=1S/C37H40GeNSi.C5H8O2.Ir/c1-24-29(25-14-16-28(17-15-25)38(5,6)7)18-19-31-32-20-21-39-34(36(32)40(8,9)35(24)31)27-22-26-12-10-11-13-30(26)33(23-27)37(2,3)4;1-4(6)3-5(2)7;/h10-21,23H,1-9H3;3,6H,1-2H3;/q-1;;/b;4-3-;. The van der Waals surface area contributed by atoms with Gasteiger partial charge in [0.1, 0.15) is 0 Å². The first-order valence-electron chi connectivity index (χ1n) is 16.5. The summed E-state index contributed by atoms with van der Waals surface area (Å²) in [5.74, 6) is 7.32. The second kappa shape index (κ2) is 14.0. The summed E-state index contributed by atoms with van der Waals surface area (Å²) < 4.78 is 1.56. The zero-order valence-electron chi connectivity index (χ0n) is 30.2. The third-order valence-corrected chi connectivity index (χ3v) is 17.3. The van der Waals surface area contributed by atoms with Gasteiger partial charge >= 0.3 is 178 Å². The van der Waals surface area contributed by atoms with Crippen LogP contribution in [0.25, 0.3) is 44.3 Å². The number of fused-ring (bicyclic) bond motifs is 4. The molecule has 0 saturated carbocycles. The van der Waals surface area contributed by atoms with E-state index in [0.29, 0.717) is 0 Å². The molecule has 2 heterocycles. The summed E-state index contributed by atoms with van der Waals surface area (Å²) in [6.45, 7) is 17.1. The van der Waals surface area contributed by atoms with E-state index in [1.807, 2.05) is 6.20 Å². The van der Waals surface area contributed by atoms with Crippen LogP contribution < -0.4 is 14.8 Å². The van der Waals surface area contributed by atoms with Crippen molar-refractivity contribution in [2.24, 2.45) is 0 Å². The maximum absolute atomic E-state index is 10.0. The molecule has 1 radical (unpaired) electrons. The molecule has 251 valence electrons. The molecule has 0 fully saturated rings. The number of benzene rings is 4. The fourth-order valence-electron chi connectivity index (χ4n) is 7.12. The van der Waals surface area contributed by atoms with Crippen molar-refractivity contribution in [2.75, 3.05) is 0 Å². The molecule has 0 saturated heterocycles. The van der Waals surface area contributed by atoms with Crippen LogP contribution in [0.5, 0.6) is 0 Å². The van der Waals surface area contributed by atoms with E-state index in [-0.39, 0.29) is 37.1 Å². The van der Waals surface area contributed by atoms with Crippen molar-refractivity contribution in [3.63, 3.8) is 0 Å². The fourth-order valence-corrected chi connectivity index (χ4v) is 13.5. The minimum absolute atomic E-state index is 0. The average Bonchev–Trinajstić information content (AvgIpc) is 3.22. The van der Waals surface area contributed by atoms with Gasteiger partial charge in [0.2, 0.25) is 0 Å². The van der Waals surface area contributed by atoms with Crippen molar-refractivity contribution in [1.82, 2.24) is 4.98 Å². The topological polar surface area (TPSA) is 50.2 Å². The molecule has 0 bridgehead atoms. The van der Waals surface area contributed by atoms with Gasteiger partial charge < -0.3 is 5.11 Å². The van der Waals surface area contributed by atoms with Crippen LogP contribution in [0.15, 0.2) is 90.8 Å². The van der Waals surface area contributed by atoms with Crippen LogP contribution in [0.3, 0.4) is 0 Å². The first-order valence-corrected chi connectivity index (χ1v) is 26.8. The van der Waals surface area contributed by atoms with Gasteiger partial charge in [-0.15, -0.1) is 17.0 Å². The molecule has 1 aromatic heterocycles. The van der Waals surface area contributed by atoms with E-state index < -0.39 is 21.3 Å². The van der Waals surface area contributed by atoms with E-state index in [9.17, 15) is 4.79 Å². The monoisotopic (exact) mass is 893 g/mol. The molecule has 5 aromatic rings. The molecule has 0 unspecified atom stereocenters. The van der Waals surface area contributed by atoms with E-state index in [1.54, 1.807) is 9.58 Å². The molecule has 6 rings (SSSR count). The van der Waals surface area contributed by atoms with Gasteiger partial charge in [-0.25, -0.2) is 0 Å². The van der Waals surface area contributed by atoms with Crippen molar-refractivity contribution in [1.29, 1.82) is 0 Å². The van der Waals surface area contributed by atoms with E-state index in [0.717, 1.165) is 11.3 Å². The number of ketones is 1. The minimum atomic E-state index is -2.06. The molecule has 1 N–H and O–H groups in total. The Kier molecular flexibility index (Phi) is 11.0. The van der Waals surface area contributed by atoms with Gasteiger partial charge in [0, 0.05) is 26.2 Å². The van der Waals surface area contributed by atoms with E-state index in [2.05, 4.69) is 137 Å². The number of hydrogen-bond donors (Lipinski definition) is 1. The van der Waals surface area contributed by atoms with Crippen molar-refractivity contribution in [2.45, 2.75) is 77.3 Å². The predicted octanol–water partition coefficient (Wildman–Crippen LogP) is 9.36. The Morgan fingerprint density at radius 1 is 0.875 bits per heavy atom. The van der Waals surface area contributed by atoms with Crippen LogP contribution in [-0.4, -0.2) is 37.2 Å². The summed E-state index contributed by atoms with van der Waals surface area (Å²) in [5.41, 5.74) is 10.5. The molecule has 1 aliphatic heterocycles. The van der Waals surface area contributed by atoms with Crippen molar-refractivity contribution >= 4 is 52.7 Å². The normalized spacial score (nSPS) is 13.6. The number of hydrogen-bond acceptors (Lipinski definition) is 3. The molecule has 1 aliphatic rings. The van der Waals surface area contributed by atoms with Crippen LogP contribution >= 0.6 is 0 Å². The van der Waals surface area contributed by atoms with Gasteiger partial charge in [-0.3, -0.25) is 4.79 Å². The Bertz CT molecular complexity index is 2030. The summed E-state index contributed by atoms with van der Waals surface area (Å²) in [4.78, 5) is 15.1. The van der Waals surface area contributed by atoms with Gasteiger partial charge in [0.25, 0.3) is 0 Å². The van der Waals surface area contributed by atoms with Crippen molar-refractivity contribution in [3.8, 4) is 33.5 Å². The number of aliphatic hydroxyl groups is 1. The van der Waals surface area contributed by atoms with Crippen LogP contribution in [0.1, 0.15) is 45.7 Å². The average molecular weight is 892 g/mol. The van der Waals surface area contributed by atoms with Gasteiger partial charge in [0.05, 0.1) is 5.76 Å². The Hall–Kier alpha value is -3.09. The Balaban J connectivity index is 0.000000589. The SMILES string of the molecule is CC(=O)/C=C(/C)O.Cc1c(-c2cc[c]([Ge]([CH3])([CH3])[CH3])cc2)ccc2c1[Si](C)(C)c1c-2ccnc1-c1[c-]c2ccccc2c(C(C)(C)C)c1.[Ir]. The van der Waals surface area contributed by atoms with Crippen LogP contribution in [0.2, 0.25) is 30.4 Å². The second-order valence-corrected chi connectivity index (χ2v) is 30.4. The third-order valence-electron chi connectivity index (χ3n) is 9.27. The van der Waals surface area contributed by atoms with Crippen molar-refractivity contribution in [3.05, 3.63) is 108 Å². The summed E-state index contributed by atoms with van der Waals surface area (Å²) in [6.07, 6.45) is 3.17. The second-order valence-electron chi connectivity index (χ2n) is 15.5. The predicted molar refractivity (Wildman–Crippen MR) is 207 cm³/mol. The van der Waals surface area contributed by atoms with E-state index in [4.69, 9.17) is 10.1 Å². The quantitative estimate of drug-likeness (QED) is 0.0848. The van der Waals surface area contributed by atoms with Crippen LogP contribution in [-0.2, 0) is 30.3 Å². The molecule has 0 amide bonds. The molecule has 6 heteroatoms. The zero-order chi connectivity index (χ0) is 34.5. The molecular formula is C42H48GeIrNO2Si-. The van der Waals surface area contributed by atoms with Gasteiger partial charge in [-0.1, -0.05) is 44.4 Å². The number of carbonyl (C=O) groups is 1. The number of aromatic nitrogens is 1. The molecule has 4 aromatic carbocycles. The number of aliphatic hydroxyl groups excluding tert-OH is 1. The van der Waals surface area contributed by atoms with Gasteiger partial charge in [-0.2, -0.15) is 0 Å². The van der Waals surface area contributed by atoms with Crippen molar-refractivity contribution < 1.29 is 30.0 Å². The Labute approximate surface area is 304 Å². The minimum Gasteiger partial charge on any atom is -0.118 e. The summed E-state index contributed by atoms with van der Waals surface area (Å²) in [7, 11) is -2.06. The Morgan fingerprint density at radius 3 is 2.04 bits per heavy atom. The smallest absolute Gasteiger partial charge is 0.118 e. The van der Waals surface area contributed by atoms with Gasteiger partial charge in [-0.05, 0) is 19.3 Å². The van der Waals surface area contributed by atoms with Crippen LogP contribution in [0.4, 0.5) is 0 Å². The van der Waals surface area contributed by atoms with E-state index >= 15 is 0 Å². The first kappa shape index (κ1) is 37.7. The number of allylic oxidation sites excluding steroid dienone is 2. The van der Waals surface area contributed by atoms with Gasteiger partial charge in [0.15, 0.2) is 5.78 Å². The summed E-state index contributed by atoms with van der Waals surface area (Å²) in [5, 5.41) is 13.8. The third kappa shape index (κ3) is 7.40. The Morgan fingerprint density at radius 2 is 1.48 bits per heavy atom. The molecule has 0 spiro atoms. The zero-order valence-corrected chi connectivity index (χ0v) is 35.7. The number of pyridine rings is 1. The van der Waals surface area contributed by atoms with Crippen LogP contribution in [0, 0.1) is 13.0 Å². The molecule has 3 nitrogen and oxygen atoms in total. The molecular weight excluding hydrogens is 843 g/mol. The number of nitrogens with zero attached hydrogens (tertiary/aromatic N) is 1. The number of carbonyl (C=O) groups excluding carboxylic acids is 1. The fraction of sp³-hybridized carbons (Fsp3) is 0.286.